The predicted molar refractivity (Wildman–Crippen MR) is 65.2 cm³/mol. The molecule has 0 bridgehead atoms. The molecule has 0 spiro atoms. The second-order valence-electron chi connectivity index (χ2n) is 5.07. The number of hydrogen-bond acceptors (Lipinski definition) is 3. The molecule has 0 saturated carbocycles. The van der Waals surface area contributed by atoms with Gasteiger partial charge in [0.05, 0.1) is 6.67 Å². The Morgan fingerprint density at radius 3 is 2.06 bits per heavy atom. The van der Waals surface area contributed by atoms with Crippen molar-refractivity contribution in [3.63, 3.8) is 0 Å². The van der Waals surface area contributed by atoms with Crippen molar-refractivity contribution < 1.29 is 5.11 Å². The number of β-amino-alcohol motifs (C(OH)–C–C–N with tert-alkyl or cyclic N) is 1. The lowest BCUT2D eigenvalue weighted by Gasteiger charge is -2.42. The van der Waals surface area contributed by atoms with E-state index < -0.39 is 5.60 Å². The third-order valence-electron chi connectivity index (χ3n) is 3.13. The van der Waals surface area contributed by atoms with Crippen LogP contribution in [0.25, 0.3) is 0 Å². The molecule has 1 N–H and O–H groups in total. The van der Waals surface area contributed by atoms with Gasteiger partial charge in [0.25, 0.3) is 0 Å². The highest BCUT2D eigenvalue weighted by atomic mass is 16.3. The van der Waals surface area contributed by atoms with E-state index in [0.29, 0.717) is 13.1 Å². The van der Waals surface area contributed by atoms with Crippen molar-refractivity contribution in [2.24, 2.45) is 0 Å². The number of aliphatic hydroxyl groups is 1. The highest BCUT2D eigenvalue weighted by Gasteiger charge is 2.35. The van der Waals surface area contributed by atoms with Gasteiger partial charge in [0.15, 0.2) is 0 Å². The Morgan fingerprint density at radius 2 is 1.56 bits per heavy atom. The summed E-state index contributed by atoms with van der Waals surface area (Å²) >= 11 is 0. The maximum atomic E-state index is 10.7. The van der Waals surface area contributed by atoms with Crippen molar-refractivity contribution >= 4 is 0 Å². The van der Waals surface area contributed by atoms with E-state index in [9.17, 15) is 5.11 Å². The van der Waals surface area contributed by atoms with Crippen LogP contribution in [0.5, 0.6) is 0 Å². The summed E-state index contributed by atoms with van der Waals surface area (Å²) in [5.41, 5.74) is 1.50. The maximum absolute atomic E-state index is 10.7. The minimum Gasteiger partial charge on any atom is -0.382 e. The standard InChI is InChI=1S/C13H20N2O/c1-11-4-6-12(7-5-11)13(16)8-14(2)10-15(3)9-13/h4-7,16H,8-10H2,1-3H3. The zero-order valence-electron chi connectivity index (χ0n) is 10.3. The minimum atomic E-state index is -0.741. The summed E-state index contributed by atoms with van der Waals surface area (Å²) in [7, 11) is 4.07. The molecular weight excluding hydrogens is 200 g/mol. The number of likely N-dealkylation sites (N-methyl/N-ethyl adjacent to an activating group) is 2. The molecule has 0 aliphatic carbocycles. The fourth-order valence-corrected chi connectivity index (χ4v) is 2.50. The van der Waals surface area contributed by atoms with Crippen LogP contribution in [0, 0.1) is 6.92 Å². The largest absolute Gasteiger partial charge is 0.382 e. The number of rotatable bonds is 1. The molecule has 1 saturated heterocycles. The zero-order valence-corrected chi connectivity index (χ0v) is 10.3. The van der Waals surface area contributed by atoms with Gasteiger partial charge in [-0.15, -0.1) is 0 Å². The van der Waals surface area contributed by atoms with Gasteiger partial charge in [-0.25, -0.2) is 0 Å². The van der Waals surface area contributed by atoms with E-state index in [-0.39, 0.29) is 0 Å². The lowest BCUT2D eigenvalue weighted by molar-refractivity contribution is -0.0703. The first kappa shape index (κ1) is 11.6. The van der Waals surface area contributed by atoms with Crippen molar-refractivity contribution in [2.75, 3.05) is 33.9 Å². The van der Waals surface area contributed by atoms with Crippen LogP contribution in [0.4, 0.5) is 0 Å². The van der Waals surface area contributed by atoms with Gasteiger partial charge in [0.1, 0.15) is 5.60 Å². The molecule has 1 aliphatic heterocycles. The number of aryl methyl sites for hydroxylation is 1. The Morgan fingerprint density at radius 1 is 1.06 bits per heavy atom. The van der Waals surface area contributed by atoms with E-state index in [1.165, 1.54) is 5.56 Å². The summed E-state index contributed by atoms with van der Waals surface area (Å²) in [6.07, 6.45) is 0. The zero-order chi connectivity index (χ0) is 11.8. The molecule has 0 unspecified atom stereocenters. The maximum Gasteiger partial charge on any atom is 0.115 e. The van der Waals surface area contributed by atoms with Crippen LogP contribution >= 0.6 is 0 Å². The molecule has 0 amide bonds. The fraction of sp³-hybridized carbons (Fsp3) is 0.538. The van der Waals surface area contributed by atoms with Crippen molar-refractivity contribution in [3.05, 3.63) is 35.4 Å². The molecule has 1 fully saturated rings. The predicted octanol–water partition coefficient (Wildman–Crippen LogP) is 1.02. The van der Waals surface area contributed by atoms with E-state index in [0.717, 1.165) is 12.2 Å². The second-order valence-corrected chi connectivity index (χ2v) is 5.07. The SMILES string of the molecule is Cc1ccc(C2(O)CN(C)CN(C)C2)cc1. The third-order valence-corrected chi connectivity index (χ3v) is 3.13. The van der Waals surface area contributed by atoms with Crippen LogP contribution in [-0.4, -0.2) is 48.8 Å². The van der Waals surface area contributed by atoms with Gasteiger partial charge in [-0.1, -0.05) is 29.8 Å². The molecule has 0 aromatic heterocycles. The van der Waals surface area contributed by atoms with E-state index in [4.69, 9.17) is 0 Å². The Bertz CT molecular complexity index is 351. The molecule has 3 nitrogen and oxygen atoms in total. The number of benzene rings is 1. The Labute approximate surface area is 97.3 Å². The van der Waals surface area contributed by atoms with Crippen LogP contribution in [0.3, 0.4) is 0 Å². The third kappa shape index (κ3) is 2.26. The topological polar surface area (TPSA) is 26.7 Å². The smallest absolute Gasteiger partial charge is 0.115 e. The molecule has 1 aromatic carbocycles. The van der Waals surface area contributed by atoms with Gasteiger partial charge in [-0.05, 0) is 26.6 Å². The van der Waals surface area contributed by atoms with Crippen molar-refractivity contribution in [3.8, 4) is 0 Å². The summed E-state index contributed by atoms with van der Waals surface area (Å²) in [6.45, 7) is 4.36. The normalized spacial score (nSPS) is 22.2. The first-order valence-corrected chi connectivity index (χ1v) is 5.66. The summed E-state index contributed by atoms with van der Waals surface area (Å²) in [5.74, 6) is 0. The van der Waals surface area contributed by atoms with E-state index in [1.54, 1.807) is 0 Å². The van der Waals surface area contributed by atoms with Crippen molar-refractivity contribution in [1.29, 1.82) is 0 Å². The molecule has 1 heterocycles. The number of hydrogen-bond donors (Lipinski definition) is 1. The highest BCUT2D eigenvalue weighted by Crippen LogP contribution is 2.26. The van der Waals surface area contributed by atoms with Crippen LogP contribution in [0.2, 0.25) is 0 Å². The molecule has 1 aromatic rings. The monoisotopic (exact) mass is 220 g/mol. The first-order chi connectivity index (χ1) is 7.49. The Balaban J connectivity index is 2.26. The van der Waals surface area contributed by atoms with Gasteiger partial charge in [-0.2, -0.15) is 0 Å². The van der Waals surface area contributed by atoms with Crippen LogP contribution in [-0.2, 0) is 5.60 Å². The second kappa shape index (κ2) is 4.17. The summed E-state index contributed by atoms with van der Waals surface area (Å²) in [6, 6.07) is 8.18. The Kier molecular flexibility index (Phi) is 3.02. The highest BCUT2D eigenvalue weighted by molar-refractivity contribution is 5.27. The molecule has 1 aliphatic rings. The van der Waals surface area contributed by atoms with Crippen molar-refractivity contribution in [2.45, 2.75) is 12.5 Å². The van der Waals surface area contributed by atoms with Crippen molar-refractivity contribution in [1.82, 2.24) is 9.80 Å². The molecule has 0 atom stereocenters. The minimum absolute atomic E-state index is 0.695. The summed E-state index contributed by atoms with van der Waals surface area (Å²) in [5, 5.41) is 10.7. The van der Waals surface area contributed by atoms with Crippen LogP contribution < -0.4 is 0 Å². The molecular formula is C13H20N2O. The molecule has 88 valence electrons. The van der Waals surface area contributed by atoms with Gasteiger partial charge < -0.3 is 5.11 Å². The lowest BCUT2D eigenvalue weighted by atomic mass is 9.91. The van der Waals surface area contributed by atoms with Crippen LogP contribution in [0.15, 0.2) is 24.3 Å². The first-order valence-electron chi connectivity index (χ1n) is 5.66. The van der Waals surface area contributed by atoms with Gasteiger partial charge in [0.2, 0.25) is 0 Å². The van der Waals surface area contributed by atoms with E-state index >= 15 is 0 Å². The fourth-order valence-electron chi connectivity index (χ4n) is 2.50. The molecule has 0 radical (unpaired) electrons. The summed E-state index contributed by atoms with van der Waals surface area (Å²) < 4.78 is 0. The quantitative estimate of drug-likeness (QED) is 0.765. The lowest BCUT2D eigenvalue weighted by Crippen LogP contribution is -2.55. The van der Waals surface area contributed by atoms with Crippen LogP contribution in [0.1, 0.15) is 11.1 Å². The average molecular weight is 220 g/mol. The Hall–Kier alpha value is -0.900. The average Bonchev–Trinajstić information content (AvgIpc) is 2.16. The number of nitrogens with zero attached hydrogens (tertiary/aromatic N) is 2. The summed E-state index contributed by atoms with van der Waals surface area (Å²) in [4.78, 5) is 4.28. The van der Waals surface area contributed by atoms with Gasteiger partial charge in [-0.3, -0.25) is 9.80 Å². The molecule has 16 heavy (non-hydrogen) atoms. The molecule has 3 heteroatoms. The molecule has 2 rings (SSSR count). The van der Waals surface area contributed by atoms with Gasteiger partial charge >= 0.3 is 0 Å². The van der Waals surface area contributed by atoms with Gasteiger partial charge in [0, 0.05) is 13.1 Å². The van der Waals surface area contributed by atoms with E-state index in [1.807, 2.05) is 26.2 Å². The van der Waals surface area contributed by atoms with E-state index in [2.05, 4.69) is 28.9 Å².